The third-order valence-electron chi connectivity index (χ3n) is 8.88. The smallest absolute Gasteiger partial charge is 0.307 e. The summed E-state index contributed by atoms with van der Waals surface area (Å²) in [5.41, 5.74) is 4.74. The number of amides is 1. The van der Waals surface area contributed by atoms with Crippen molar-refractivity contribution in [2.24, 2.45) is 25.9 Å². The van der Waals surface area contributed by atoms with Gasteiger partial charge in [0.25, 0.3) is 0 Å². The summed E-state index contributed by atoms with van der Waals surface area (Å²) >= 11 is 5.89. The molecule has 4 unspecified atom stereocenters. The summed E-state index contributed by atoms with van der Waals surface area (Å²) in [4.78, 5) is 23.6. The van der Waals surface area contributed by atoms with Crippen molar-refractivity contribution in [3.8, 4) is 23.0 Å². The number of methoxy groups -OCH3 is 2. The highest BCUT2D eigenvalue weighted by Crippen LogP contribution is 2.50. The van der Waals surface area contributed by atoms with E-state index >= 15 is 0 Å². The fourth-order valence-electron chi connectivity index (χ4n) is 5.95. The summed E-state index contributed by atoms with van der Waals surface area (Å²) in [6, 6.07) is 18.6. The van der Waals surface area contributed by atoms with Gasteiger partial charge in [-0.15, -0.1) is 0 Å². The van der Waals surface area contributed by atoms with Gasteiger partial charge in [0.2, 0.25) is 5.91 Å². The number of carboxylic acids is 1. The second kappa shape index (κ2) is 15.6. The maximum atomic E-state index is 12.6. The van der Waals surface area contributed by atoms with Gasteiger partial charge in [0, 0.05) is 54.2 Å². The second-order valence-electron chi connectivity index (χ2n) is 12.7. The first-order chi connectivity index (χ1) is 24.6. The molecule has 7 rings (SSSR count). The molecule has 0 radical (unpaired) electrons. The number of rotatable bonds is 13. The van der Waals surface area contributed by atoms with E-state index in [0.717, 1.165) is 34.4 Å². The highest BCUT2D eigenvalue weighted by Gasteiger charge is 2.45. The van der Waals surface area contributed by atoms with Crippen LogP contribution in [0.2, 0.25) is 5.02 Å². The second-order valence-corrected chi connectivity index (χ2v) is 13.1. The molecule has 2 N–H and O–H groups in total. The Morgan fingerprint density at radius 1 is 0.765 bits per heavy atom. The van der Waals surface area contributed by atoms with Gasteiger partial charge in [-0.2, -0.15) is 10.2 Å². The average Bonchev–Trinajstić information content (AvgIpc) is 4.03. The van der Waals surface area contributed by atoms with Crippen LogP contribution in [0.1, 0.15) is 46.9 Å². The topological polar surface area (TPSA) is 139 Å². The predicted octanol–water partition coefficient (Wildman–Crippen LogP) is 6.60. The zero-order chi connectivity index (χ0) is 36.1. The van der Waals surface area contributed by atoms with E-state index in [1.54, 1.807) is 60.2 Å². The summed E-state index contributed by atoms with van der Waals surface area (Å²) in [6.07, 6.45) is 8.82. The number of halogens is 1. The average molecular weight is 714 g/mol. The molecule has 2 aromatic heterocycles. The number of ether oxygens (including phenoxy) is 4. The van der Waals surface area contributed by atoms with Gasteiger partial charge in [-0.25, -0.2) is 0 Å². The maximum Gasteiger partial charge on any atom is 0.307 e. The van der Waals surface area contributed by atoms with Gasteiger partial charge < -0.3 is 29.4 Å². The van der Waals surface area contributed by atoms with Gasteiger partial charge in [0.05, 0.1) is 32.5 Å². The van der Waals surface area contributed by atoms with E-state index in [9.17, 15) is 9.59 Å². The Balaban J connectivity index is 0.000000183. The monoisotopic (exact) mass is 713 g/mol. The number of aliphatic carboxylic acids is 1. The van der Waals surface area contributed by atoms with E-state index in [1.807, 2.05) is 62.9 Å². The molecule has 2 heterocycles. The number of nitrogens with zero attached hydrogens (tertiary/aromatic N) is 4. The van der Waals surface area contributed by atoms with Crippen LogP contribution in [-0.4, -0.2) is 50.8 Å². The van der Waals surface area contributed by atoms with Crippen molar-refractivity contribution < 1.29 is 33.6 Å². The molecule has 0 aliphatic heterocycles. The van der Waals surface area contributed by atoms with E-state index < -0.39 is 5.97 Å². The number of carboxylic acid groups (broad SMARTS) is 1. The van der Waals surface area contributed by atoms with Crippen LogP contribution in [0, 0.1) is 11.8 Å². The molecule has 266 valence electrons. The van der Waals surface area contributed by atoms with Crippen LogP contribution < -0.4 is 24.3 Å². The lowest BCUT2D eigenvalue weighted by Gasteiger charge is -2.12. The number of carbonyl (C=O) groups excluding carboxylic acids is 1. The molecule has 1 amide bonds. The van der Waals surface area contributed by atoms with Crippen LogP contribution in [0.15, 0.2) is 85.5 Å². The number of hydrogen-bond donors (Lipinski definition) is 2. The Labute approximate surface area is 300 Å². The van der Waals surface area contributed by atoms with Crippen LogP contribution in [-0.2, 0) is 36.9 Å². The number of anilines is 1. The van der Waals surface area contributed by atoms with Gasteiger partial charge in [-0.1, -0.05) is 23.7 Å². The van der Waals surface area contributed by atoms with E-state index in [2.05, 4.69) is 15.5 Å². The van der Waals surface area contributed by atoms with Gasteiger partial charge in [-0.3, -0.25) is 19.0 Å². The number of carbonyl (C=O) groups is 2. The maximum absolute atomic E-state index is 12.6. The normalized spacial score (nSPS) is 18.5. The predicted molar refractivity (Wildman–Crippen MR) is 190 cm³/mol. The largest absolute Gasteiger partial charge is 0.493 e. The molecule has 0 bridgehead atoms. The molecule has 51 heavy (non-hydrogen) atoms. The van der Waals surface area contributed by atoms with Crippen LogP contribution >= 0.6 is 11.6 Å². The Kier molecular flexibility index (Phi) is 10.8. The molecule has 2 aliphatic carbocycles. The van der Waals surface area contributed by atoms with E-state index in [0.29, 0.717) is 47.7 Å². The first-order valence-electron chi connectivity index (χ1n) is 16.5. The van der Waals surface area contributed by atoms with Crippen molar-refractivity contribution in [1.82, 2.24) is 19.6 Å². The number of aromatic nitrogens is 4. The van der Waals surface area contributed by atoms with Crippen LogP contribution in [0.5, 0.6) is 23.0 Å². The number of benzene rings is 3. The summed E-state index contributed by atoms with van der Waals surface area (Å²) in [7, 11) is 6.92. The number of hydrogen-bond acceptors (Lipinski definition) is 8. The Hall–Kier alpha value is -5.49. The third kappa shape index (κ3) is 9.01. The third-order valence-corrected chi connectivity index (χ3v) is 9.14. The highest BCUT2D eigenvalue weighted by atomic mass is 35.5. The molecule has 3 aromatic carbocycles. The summed E-state index contributed by atoms with van der Waals surface area (Å²) in [6.45, 7) is 0.791. The molecule has 12 nitrogen and oxygen atoms in total. The lowest BCUT2D eigenvalue weighted by Crippen LogP contribution is -2.14. The quantitative estimate of drug-likeness (QED) is 0.138. The number of nitrogens with one attached hydrogen (secondary N) is 1. The van der Waals surface area contributed by atoms with Crippen molar-refractivity contribution in [1.29, 1.82) is 0 Å². The van der Waals surface area contributed by atoms with Gasteiger partial charge >= 0.3 is 5.97 Å². The molecule has 2 fully saturated rings. The Morgan fingerprint density at radius 3 is 1.69 bits per heavy atom. The minimum atomic E-state index is -0.737. The molecule has 5 aromatic rings. The van der Waals surface area contributed by atoms with Crippen molar-refractivity contribution in [3.63, 3.8) is 0 Å². The molecule has 0 spiro atoms. The first-order valence-corrected chi connectivity index (χ1v) is 16.8. The minimum absolute atomic E-state index is 0.0194. The fraction of sp³-hybridized carbons (Fsp3) is 0.316. The van der Waals surface area contributed by atoms with E-state index in [4.69, 9.17) is 35.7 Å². The summed E-state index contributed by atoms with van der Waals surface area (Å²) < 4.78 is 26.0. The van der Waals surface area contributed by atoms with Crippen LogP contribution in [0.3, 0.4) is 0 Å². The zero-order valence-corrected chi connectivity index (χ0v) is 29.5. The SMILES string of the molecule is COc1ccc(C2CC2C(=O)Nc2ccc(Cl)cc2)cc1OCc1cnn(C)c1.COc1ccc(C2CC2C(=O)O)cc1OCc1cnn(C)c1. The molecular formula is C38H40ClN5O7. The first kappa shape index (κ1) is 35.3. The van der Waals surface area contributed by atoms with Gasteiger partial charge in [0.1, 0.15) is 13.2 Å². The Morgan fingerprint density at radius 2 is 1.25 bits per heavy atom. The summed E-state index contributed by atoms with van der Waals surface area (Å²) in [5, 5.41) is 20.9. The van der Waals surface area contributed by atoms with Crippen LogP contribution in [0.25, 0.3) is 0 Å². The lowest BCUT2D eigenvalue weighted by atomic mass is 10.1. The number of aryl methyl sites for hydroxylation is 2. The van der Waals surface area contributed by atoms with Crippen molar-refractivity contribution in [3.05, 3.63) is 113 Å². The molecule has 13 heteroatoms. The van der Waals surface area contributed by atoms with Gasteiger partial charge in [-0.05, 0) is 84.3 Å². The molecule has 4 atom stereocenters. The molecular weight excluding hydrogens is 674 g/mol. The molecule has 2 saturated carbocycles. The van der Waals surface area contributed by atoms with E-state index in [1.165, 1.54) is 0 Å². The lowest BCUT2D eigenvalue weighted by molar-refractivity contribution is -0.138. The van der Waals surface area contributed by atoms with Crippen molar-refractivity contribution >= 4 is 29.2 Å². The Bertz CT molecular complexity index is 1990. The zero-order valence-electron chi connectivity index (χ0n) is 28.8. The summed E-state index contributed by atoms with van der Waals surface area (Å²) in [5.74, 6) is 1.80. The van der Waals surface area contributed by atoms with Gasteiger partial charge in [0.15, 0.2) is 23.0 Å². The van der Waals surface area contributed by atoms with E-state index in [-0.39, 0.29) is 29.6 Å². The van der Waals surface area contributed by atoms with Crippen LogP contribution in [0.4, 0.5) is 5.69 Å². The fourth-order valence-corrected chi connectivity index (χ4v) is 6.07. The molecule has 0 saturated heterocycles. The standard InChI is InChI=1S/C22H22ClN3O3.C16H18N2O4/c1-26-12-14(11-24-26)13-29-21-9-15(3-8-20(21)28-2)18-10-19(18)22(27)25-17-6-4-16(23)5-7-17;1-18-8-10(7-17-18)9-22-15-5-11(3-4-14(15)21-2)12-6-13(12)16(19)20/h3-9,11-12,18-19H,10,13H2,1-2H3,(H,25,27);3-5,7-8,12-13H,6,9H2,1-2H3,(H,19,20). The van der Waals surface area contributed by atoms with Crippen molar-refractivity contribution in [2.45, 2.75) is 37.9 Å². The van der Waals surface area contributed by atoms with Crippen molar-refractivity contribution in [2.75, 3.05) is 19.5 Å². The minimum Gasteiger partial charge on any atom is -0.493 e. The highest BCUT2D eigenvalue weighted by molar-refractivity contribution is 6.30. The molecule has 2 aliphatic rings.